The number of pyridine rings is 1. The first-order valence-corrected chi connectivity index (χ1v) is 5.45. The molecule has 0 saturated carbocycles. The van der Waals surface area contributed by atoms with Crippen LogP contribution in [0.5, 0.6) is 0 Å². The van der Waals surface area contributed by atoms with Crippen molar-refractivity contribution in [3.63, 3.8) is 0 Å². The number of aryl methyl sites for hydroxylation is 1. The second-order valence-corrected chi connectivity index (χ2v) is 4.08. The molecular weight excluding hydrogens is 215 g/mol. The van der Waals surface area contributed by atoms with Gasteiger partial charge in [-0.05, 0) is 43.3 Å². The standard InChI is InChI=1S/C14H11FN2/c1-9-3-2-4-13(16-9)14-8-10-7-11(15)5-6-12(10)17-14/h2-8,17H,1H3. The van der Waals surface area contributed by atoms with Gasteiger partial charge in [0.25, 0.3) is 0 Å². The van der Waals surface area contributed by atoms with Gasteiger partial charge in [0.05, 0.1) is 11.4 Å². The molecule has 0 spiro atoms. The Balaban J connectivity index is 2.18. The summed E-state index contributed by atoms with van der Waals surface area (Å²) in [5, 5.41) is 0.864. The smallest absolute Gasteiger partial charge is 0.123 e. The van der Waals surface area contributed by atoms with E-state index >= 15 is 0 Å². The van der Waals surface area contributed by atoms with Gasteiger partial charge in [-0.15, -0.1) is 0 Å². The normalized spacial score (nSPS) is 10.9. The Morgan fingerprint density at radius 2 is 2.00 bits per heavy atom. The molecule has 0 aliphatic heterocycles. The Morgan fingerprint density at radius 1 is 1.12 bits per heavy atom. The first kappa shape index (κ1) is 10.0. The molecule has 0 aliphatic carbocycles. The zero-order chi connectivity index (χ0) is 11.8. The number of benzene rings is 1. The minimum atomic E-state index is -0.222. The fraction of sp³-hybridized carbons (Fsp3) is 0.0714. The van der Waals surface area contributed by atoms with E-state index in [4.69, 9.17) is 0 Å². The predicted molar refractivity (Wildman–Crippen MR) is 66.2 cm³/mol. The highest BCUT2D eigenvalue weighted by molar-refractivity contribution is 5.85. The number of fused-ring (bicyclic) bond motifs is 1. The molecule has 0 amide bonds. The highest BCUT2D eigenvalue weighted by Crippen LogP contribution is 2.23. The van der Waals surface area contributed by atoms with Gasteiger partial charge in [-0.25, -0.2) is 4.39 Å². The van der Waals surface area contributed by atoms with Crippen molar-refractivity contribution in [2.75, 3.05) is 0 Å². The number of nitrogens with one attached hydrogen (secondary N) is 1. The Hall–Kier alpha value is -2.16. The summed E-state index contributed by atoms with van der Waals surface area (Å²) in [6.45, 7) is 1.95. The molecule has 1 N–H and O–H groups in total. The average Bonchev–Trinajstić information content (AvgIpc) is 2.72. The number of halogens is 1. The summed E-state index contributed by atoms with van der Waals surface area (Å²) in [5.74, 6) is -0.222. The van der Waals surface area contributed by atoms with Crippen molar-refractivity contribution in [3.05, 3.63) is 54.0 Å². The molecule has 0 aliphatic rings. The zero-order valence-corrected chi connectivity index (χ0v) is 9.37. The van der Waals surface area contributed by atoms with E-state index in [1.54, 1.807) is 6.07 Å². The SMILES string of the molecule is Cc1cccc(-c2cc3cc(F)ccc3[nH]2)n1. The van der Waals surface area contributed by atoms with Crippen LogP contribution < -0.4 is 0 Å². The third-order valence-electron chi connectivity index (χ3n) is 2.75. The highest BCUT2D eigenvalue weighted by Gasteiger charge is 2.05. The first-order valence-electron chi connectivity index (χ1n) is 5.45. The summed E-state index contributed by atoms with van der Waals surface area (Å²) in [5.41, 5.74) is 3.67. The molecule has 84 valence electrons. The molecule has 0 fully saturated rings. The van der Waals surface area contributed by atoms with Crippen LogP contribution >= 0.6 is 0 Å². The van der Waals surface area contributed by atoms with Gasteiger partial charge >= 0.3 is 0 Å². The minimum absolute atomic E-state index is 0.222. The van der Waals surface area contributed by atoms with Crippen molar-refractivity contribution < 1.29 is 4.39 Å². The van der Waals surface area contributed by atoms with Gasteiger partial charge in [0.15, 0.2) is 0 Å². The van der Waals surface area contributed by atoms with Gasteiger partial charge in [0, 0.05) is 16.6 Å². The van der Waals surface area contributed by atoms with Crippen molar-refractivity contribution in [3.8, 4) is 11.4 Å². The van der Waals surface area contributed by atoms with Crippen LogP contribution in [0.2, 0.25) is 0 Å². The van der Waals surface area contributed by atoms with E-state index in [1.807, 2.05) is 31.2 Å². The molecule has 3 rings (SSSR count). The third-order valence-corrected chi connectivity index (χ3v) is 2.75. The quantitative estimate of drug-likeness (QED) is 0.673. The highest BCUT2D eigenvalue weighted by atomic mass is 19.1. The fourth-order valence-corrected chi connectivity index (χ4v) is 1.93. The Labute approximate surface area is 98.1 Å². The molecule has 0 atom stereocenters. The number of hydrogen-bond donors (Lipinski definition) is 1. The molecule has 0 saturated heterocycles. The monoisotopic (exact) mass is 226 g/mol. The lowest BCUT2D eigenvalue weighted by Crippen LogP contribution is -1.85. The van der Waals surface area contributed by atoms with Gasteiger partial charge in [0.2, 0.25) is 0 Å². The van der Waals surface area contributed by atoms with Crippen LogP contribution in [0, 0.1) is 12.7 Å². The molecular formula is C14H11FN2. The van der Waals surface area contributed by atoms with Gasteiger partial charge < -0.3 is 4.98 Å². The second-order valence-electron chi connectivity index (χ2n) is 4.08. The van der Waals surface area contributed by atoms with E-state index in [1.165, 1.54) is 12.1 Å². The number of aromatic nitrogens is 2. The van der Waals surface area contributed by atoms with Crippen molar-refractivity contribution >= 4 is 10.9 Å². The van der Waals surface area contributed by atoms with Gasteiger partial charge in [-0.1, -0.05) is 6.07 Å². The summed E-state index contributed by atoms with van der Waals surface area (Å²) in [7, 11) is 0. The summed E-state index contributed by atoms with van der Waals surface area (Å²) in [6.07, 6.45) is 0. The number of rotatable bonds is 1. The lowest BCUT2D eigenvalue weighted by molar-refractivity contribution is 0.630. The molecule has 2 heterocycles. The number of nitrogens with zero attached hydrogens (tertiary/aromatic N) is 1. The van der Waals surface area contributed by atoms with E-state index < -0.39 is 0 Å². The number of hydrogen-bond acceptors (Lipinski definition) is 1. The van der Waals surface area contributed by atoms with Crippen LogP contribution in [0.3, 0.4) is 0 Å². The van der Waals surface area contributed by atoms with Crippen LogP contribution in [0.25, 0.3) is 22.3 Å². The van der Waals surface area contributed by atoms with Crippen LogP contribution in [0.15, 0.2) is 42.5 Å². The molecule has 3 heteroatoms. The Bertz CT molecular complexity index is 686. The Morgan fingerprint density at radius 3 is 2.82 bits per heavy atom. The lowest BCUT2D eigenvalue weighted by atomic mass is 10.2. The molecule has 0 radical (unpaired) electrons. The Kier molecular flexibility index (Phi) is 2.18. The van der Waals surface area contributed by atoms with Crippen LogP contribution in [0.4, 0.5) is 4.39 Å². The average molecular weight is 226 g/mol. The van der Waals surface area contributed by atoms with Crippen molar-refractivity contribution in [1.82, 2.24) is 9.97 Å². The molecule has 0 bridgehead atoms. The van der Waals surface area contributed by atoms with Crippen molar-refractivity contribution in [2.45, 2.75) is 6.92 Å². The maximum atomic E-state index is 13.1. The van der Waals surface area contributed by atoms with Crippen LogP contribution in [0.1, 0.15) is 5.69 Å². The van der Waals surface area contributed by atoms with E-state index in [-0.39, 0.29) is 5.82 Å². The van der Waals surface area contributed by atoms with Gasteiger partial charge in [-0.3, -0.25) is 4.98 Å². The summed E-state index contributed by atoms with van der Waals surface area (Å²) in [4.78, 5) is 7.67. The van der Waals surface area contributed by atoms with Gasteiger partial charge in [-0.2, -0.15) is 0 Å². The van der Waals surface area contributed by atoms with Crippen LogP contribution in [-0.2, 0) is 0 Å². The third kappa shape index (κ3) is 1.80. The molecule has 17 heavy (non-hydrogen) atoms. The maximum absolute atomic E-state index is 13.1. The molecule has 3 aromatic rings. The minimum Gasteiger partial charge on any atom is -0.353 e. The van der Waals surface area contributed by atoms with E-state index in [2.05, 4.69) is 9.97 Å². The molecule has 1 aromatic carbocycles. The topological polar surface area (TPSA) is 28.7 Å². The summed E-state index contributed by atoms with van der Waals surface area (Å²) >= 11 is 0. The van der Waals surface area contributed by atoms with Crippen LogP contribution in [-0.4, -0.2) is 9.97 Å². The van der Waals surface area contributed by atoms with E-state index in [0.717, 1.165) is 28.0 Å². The zero-order valence-electron chi connectivity index (χ0n) is 9.37. The molecule has 0 unspecified atom stereocenters. The molecule has 2 nitrogen and oxygen atoms in total. The largest absolute Gasteiger partial charge is 0.353 e. The van der Waals surface area contributed by atoms with Gasteiger partial charge in [0.1, 0.15) is 5.82 Å². The maximum Gasteiger partial charge on any atom is 0.123 e. The van der Waals surface area contributed by atoms with Crippen molar-refractivity contribution in [1.29, 1.82) is 0 Å². The summed E-state index contributed by atoms with van der Waals surface area (Å²) < 4.78 is 13.1. The van der Waals surface area contributed by atoms with E-state index in [0.29, 0.717) is 0 Å². The lowest BCUT2D eigenvalue weighted by Gasteiger charge is -1.97. The van der Waals surface area contributed by atoms with E-state index in [9.17, 15) is 4.39 Å². The second kappa shape index (κ2) is 3.70. The first-order chi connectivity index (χ1) is 8.22. The number of H-pyrrole nitrogens is 1. The predicted octanol–water partition coefficient (Wildman–Crippen LogP) is 3.68. The number of aromatic amines is 1. The molecule has 2 aromatic heterocycles. The fourth-order valence-electron chi connectivity index (χ4n) is 1.93. The van der Waals surface area contributed by atoms with Crippen molar-refractivity contribution in [2.24, 2.45) is 0 Å². The summed E-state index contributed by atoms with van der Waals surface area (Å²) in [6, 6.07) is 12.5.